The summed E-state index contributed by atoms with van der Waals surface area (Å²) in [4.78, 5) is 0. The summed E-state index contributed by atoms with van der Waals surface area (Å²) < 4.78 is 0. The van der Waals surface area contributed by atoms with Crippen LogP contribution in [0.5, 0.6) is 0 Å². The number of hydrogen-bond donors (Lipinski definition) is 6. The van der Waals surface area contributed by atoms with Crippen molar-refractivity contribution >= 4 is 0 Å². The van der Waals surface area contributed by atoms with Crippen LogP contribution in [0.1, 0.15) is 0 Å². The monoisotopic (exact) mass is 222 g/mol. The number of aliphatic hydroxyl groups excluding tert-OH is 6. The minimum Gasteiger partial charge on any atom is -0.870 e. The summed E-state index contributed by atoms with van der Waals surface area (Å²) in [5.74, 6) is 0. The van der Waals surface area contributed by atoms with Crippen molar-refractivity contribution in [2.75, 3.05) is 13.2 Å². The molecule has 0 rings (SSSR count). The van der Waals surface area contributed by atoms with E-state index < -0.39 is 37.6 Å². The zero-order valence-electron chi connectivity index (χ0n) is 7.85. The first-order valence-electron chi connectivity index (χ1n) is 3.48. The van der Waals surface area contributed by atoms with Gasteiger partial charge in [0.2, 0.25) is 0 Å². The smallest absolute Gasteiger partial charge is 0.870 e. The van der Waals surface area contributed by atoms with Crippen molar-refractivity contribution in [3.63, 3.8) is 0 Å². The van der Waals surface area contributed by atoms with Crippen LogP contribution in [-0.4, -0.2) is 73.7 Å². The van der Waals surface area contributed by atoms with E-state index in [2.05, 4.69) is 0 Å². The molecule has 0 aromatic rings. The van der Waals surface area contributed by atoms with Crippen LogP contribution in [0.3, 0.4) is 0 Å². The predicted octanol–water partition coefficient (Wildman–Crippen LogP) is -6.76. The fourth-order valence-electron chi connectivity index (χ4n) is 0.671. The van der Waals surface area contributed by atoms with E-state index in [1.807, 2.05) is 0 Å². The van der Waals surface area contributed by atoms with Crippen LogP contribution in [0.15, 0.2) is 0 Å². The molecule has 0 aliphatic rings. The average Bonchev–Trinajstić information content (AvgIpc) is 2.12. The van der Waals surface area contributed by atoms with Gasteiger partial charge in [-0.2, -0.15) is 0 Å². The molecule has 0 fully saturated rings. The first kappa shape index (κ1) is 20.2. The van der Waals surface area contributed by atoms with E-state index in [9.17, 15) is 0 Å². The summed E-state index contributed by atoms with van der Waals surface area (Å²) in [6.45, 7) is -1.45. The maximum Gasteiger partial charge on any atom is 1.00 e. The summed E-state index contributed by atoms with van der Waals surface area (Å²) >= 11 is 0. The Morgan fingerprint density at radius 2 is 0.929 bits per heavy atom. The van der Waals surface area contributed by atoms with Crippen molar-refractivity contribution in [3.05, 3.63) is 0 Å². The molecular formula is C6H15NaO7. The van der Waals surface area contributed by atoms with Crippen LogP contribution in [0, 0.1) is 0 Å². The Bertz CT molecular complexity index is 111. The minimum absolute atomic E-state index is 0. The first-order chi connectivity index (χ1) is 5.54. The number of rotatable bonds is 5. The van der Waals surface area contributed by atoms with Crippen molar-refractivity contribution in [1.82, 2.24) is 0 Å². The molecule has 0 bridgehead atoms. The second-order valence-electron chi connectivity index (χ2n) is 2.48. The summed E-state index contributed by atoms with van der Waals surface area (Å²) in [5.41, 5.74) is 0. The summed E-state index contributed by atoms with van der Waals surface area (Å²) in [7, 11) is 0. The van der Waals surface area contributed by atoms with Gasteiger partial charge in [-0.05, 0) is 0 Å². The van der Waals surface area contributed by atoms with E-state index in [1.165, 1.54) is 0 Å². The molecule has 14 heavy (non-hydrogen) atoms. The van der Waals surface area contributed by atoms with E-state index in [4.69, 9.17) is 30.6 Å². The first-order valence-corrected chi connectivity index (χ1v) is 3.48. The molecule has 82 valence electrons. The van der Waals surface area contributed by atoms with Gasteiger partial charge in [0.1, 0.15) is 24.4 Å². The summed E-state index contributed by atoms with van der Waals surface area (Å²) in [5, 5.41) is 52.2. The van der Waals surface area contributed by atoms with Crippen LogP contribution in [-0.2, 0) is 0 Å². The maximum absolute atomic E-state index is 8.96. The van der Waals surface area contributed by atoms with Crippen molar-refractivity contribution in [2.24, 2.45) is 0 Å². The van der Waals surface area contributed by atoms with Gasteiger partial charge in [0.05, 0.1) is 13.2 Å². The van der Waals surface area contributed by atoms with Gasteiger partial charge >= 0.3 is 29.6 Å². The Morgan fingerprint density at radius 1 is 0.714 bits per heavy atom. The SMILES string of the molecule is OC[C@@H](O)[C@@H](O)[C@H](O)[C@H](O)CO.[Na+].[OH-]. The number of hydrogen-bond acceptors (Lipinski definition) is 7. The predicted molar refractivity (Wildman–Crippen MR) is 40.1 cm³/mol. The molecule has 0 unspecified atom stereocenters. The molecule has 0 heterocycles. The maximum atomic E-state index is 8.96. The van der Waals surface area contributed by atoms with Crippen LogP contribution in [0.4, 0.5) is 0 Å². The zero-order valence-corrected chi connectivity index (χ0v) is 9.85. The fraction of sp³-hybridized carbons (Fsp3) is 1.00. The second-order valence-corrected chi connectivity index (χ2v) is 2.48. The van der Waals surface area contributed by atoms with Gasteiger partial charge in [-0.1, -0.05) is 0 Å². The topological polar surface area (TPSA) is 151 Å². The van der Waals surface area contributed by atoms with Gasteiger partial charge in [0.25, 0.3) is 0 Å². The Labute approximate surface area is 103 Å². The zero-order chi connectivity index (χ0) is 9.72. The Kier molecular flexibility index (Phi) is 14.8. The van der Waals surface area contributed by atoms with Gasteiger partial charge in [-0.3, -0.25) is 0 Å². The third-order valence-electron chi connectivity index (χ3n) is 1.51. The van der Waals surface area contributed by atoms with Crippen LogP contribution in [0.2, 0.25) is 0 Å². The quantitative estimate of drug-likeness (QED) is 0.253. The van der Waals surface area contributed by atoms with Gasteiger partial charge in [0.15, 0.2) is 0 Å². The van der Waals surface area contributed by atoms with Crippen molar-refractivity contribution in [3.8, 4) is 0 Å². The van der Waals surface area contributed by atoms with Gasteiger partial charge in [-0.15, -0.1) is 0 Å². The third kappa shape index (κ3) is 6.25. The molecule has 0 aliphatic carbocycles. The van der Waals surface area contributed by atoms with E-state index in [0.717, 1.165) is 0 Å². The third-order valence-corrected chi connectivity index (χ3v) is 1.51. The van der Waals surface area contributed by atoms with E-state index in [0.29, 0.717) is 0 Å². The average molecular weight is 222 g/mol. The van der Waals surface area contributed by atoms with Crippen molar-refractivity contribution in [1.29, 1.82) is 0 Å². The van der Waals surface area contributed by atoms with Gasteiger partial charge in [0, 0.05) is 0 Å². The minimum atomic E-state index is -1.67. The molecule has 0 spiro atoms. The Morgan fingerprint density at radius 3 is 1.07 bits per heavy atom. The largest absolute Gasteiger partial charge is 1.00 e. The summed E-state index contributed by atoms with van der Waals surface area (Å²) in [6.07, 6.45) is -6.39. The fourth-order valence-corrected chi connectivity index (χ4v) is 0.671. The van der Waals surface area contributed by atoms with E-state index in [1.54, 1.807) is 0 Å². The molecule has 8 heteroatoms. The molecule has 0 aromatic carbocycles. The Hall–Kier alpha value is 0.720. The molecule has 0 saturated heterocycles. The molecule has 0 saturated carbocycles. The molecule has 7 nitrogen and oxygen atoms in total. The van der Waals surface area contributed by atoms with Gasteiger partial charge in [-0.25, -0.2) is 0 Å². The molecule has 0 amide bonds. The standard InChI is InChI=1S/C6H14O6.Na.H2O/c7-1-3(9)5(11)6(12)4(10)2-8;;/h3-12H,1-2H2;;1H2/q;+1;/p-1/t3-,4-,5-,6-;;/m1../s1. The molecule has 4 atom stereocenters. The number of aliphatic hydroxyl groups is 6. The van der Waals surface area contributed by atoms with Crippen molar-refractivity contribution in [2.45, 2.75) is 24.4 Å². The molecule has 0 aromatic heterocycles. The molecule has 7 N–H and O–H groups in total. The van der Waals surface area contributed by atoms with E-state index in [-0.39, 0.29) is 35.0 Å². The van der Waals surface area contributed by atoms with Crippen LogP contribution < -0.4 is 29.6 Å². The second kappa shape index (κ2) is 10.2. The van der Waals surface area contributed by atoms with E-state index >= 15 is 0 Å². The summed E-state index contributed by atoms with van der Waals surface area (Å²) in [6, 6.07) is 0. The normalized spacial score (nSPS) is 18.4. The molecule has 0 aliphatic heterocycles. The van der Waals surface area contributed by atoms with Crippen LogP contribution in [0.25, 0.3) is 0 Å². The molecule has 0 radical (unpaired) electrons. The Balaban J connectivity index is -0.000000605. The van der Waals surface area contributed by atoms with Gasteiger partial charge < -0.3 is 36.1 Å². The van der Waals surface area contributed by atoms with Crippen LogP contribution >= 0.6 is 0 Å². The van der Waals surface area contributed by atoms with Crippen molar-refractivity contribution < 1.29 is 65.7 Å². The molecular weight excluding hydrogens is 207 g/mol.